The number of carbonyl (C=O) groups excluding carboxylic acids is 1. The van der Waals surface area contributed by atoms with Gasteiger partial charge in [0, 0.05) is 24.7 Å². The third-order valence-electron chi connectivity index (χ3n) is 9.24. The highest BCUT2D eigenvalue weighted by molar-refractivity contribution is 5.95. The Morgan fingerprint density at radius 3 is 2.61 bits per heavy atom. The lowest BCUT2D eigenvalue weighted by Gasteiger charge is -2.58. The van der Waals surface area contributed by atoms with Crippen LogP contribution >= 0.6 is 0 Å². The molecule has 7 nitrogen and oxygen atoms in total. The van der Waals surface area contributed by atoms with E-state index >= 15 is 0 Å². The molecule has 3 heterocycles. The van der Waals surface area contributed by atoms with Crippen LogP contribution in [-0.4, -0.2) is 57.9 Å². The molecule has 4 atom stereocenters. The Balaban J connectivity index is 1.15. The van der Waals surface area contributed by atoms with Gasteiger partial charge in [0.1, 0.15) is 0 Å². The lowest BCUT2D eigenvalue weighted by atomic mass is 9.52. The van der Waals surface area contributed by atoms with E-state index in [2.05, 4.69) is 15.2 Å². The molecule has 0 aromatic carbocycles. The molecule has 0 spiro atoms. The number of aliphatic hydroxyl groups is 1. The van der Waals surface area contributed by atoms with Gasteiger partial charge in [-0.25, -0.2) is 9.97 Å². The molecule has 7 heteroatoms. The lowest BCUT2D eigenvalue weighted by molar-refractivity contribution is -0.136. The highest BCUT2D eigenvalue weighted by Gasteiger charge is 2.55. The maximum absolute atomic E-state index is 13.5. The van der Waals surface area contributed by atoms with E-state index in [4.69, 9.17) is 9.72 Å². The molecule has 0 radical (unpaired) electrons. The number of ether oxygens (including phenoxy) is 1. The van der Waals surface area contributed by atoms with Gasteiger partial charge in [0.2, 0.25) is 5.95 Å². The van der Waals surface area contributed by atoms with E-state index in [1.807, 2.05) is 0 Å². The first-order chi connectivity index (χ1) is 15.0. The number of anilines is 1. The normalized spacial score (nSPS) is 42.8. The van der Waals surface area contributed by atoms with Crippen molar-refractivity contribution in [1.29, 1.82) is 0 Å². The van der Waals surface area contributed by atoms with Gasteiger partial charge < -0.3 is 20.1 Å². The summed E-state index contributed by atoms with van der Waals surface area (Å²) < 4.78 is 5.73. The summed E-state index contributed by atoms with van der Waals surface area (Å²) in [5.41, 5.74) is 1.14. The van der Waals surface area contributed by atoms with Crippen LogP contribution in [0.5, 0.6) is 0 Å². The molecule has 2 aliphatic heterocycles. The standard InChI is InChI=1S/C24H32N4O3/c29-22(26-20-15-4-13-5-16(20)9-24(30,7-13)8-15)19-10-25-23(27-21(19)14-2-1-3-14)28-11-18-6-17(28)12-31-18/h10,13-18,20,30H,1-9,11-12H2,(H,26,29)/t13?,15?,16?,17-,18-,20?,24?/m1/s1. The summed E-state index contributed by atoms with van der Waals surface area (Å²) in [4.78, 5) is 25.4. The SMILES string of the molecule is O=C(NC1C2CC3CC1CC(O)(C3)C2)c1cnc(N2C[C@H]3C[C@@H]2CO3)nc1C1CCC1. The minimum atomic E-state index is -0.474. The van der Waals surface area contributed by atoms with Crippen molar-refractivity contribution in [3.8, 4) is 0 Å². The molecule has 5 saturated carbocycles. The molecule has 6 bridgehead atoms. The molecular weight excluding hydrogens is 392 g/mol. The number of hydrogen-bond acceptors (Lipinski definition) is 6. The van der Waals surface area contributed by atoms with E-state index in [0.29, 0.717) is 41.4 Å². The Bertz CT molecular complexity index is 902. The van der Waals surface area contributed by atoms with Crippen LogP contribution in [0.15, 0.2) is 6.20 Å². The summed E-state index contributed by atoms with van der Waals surface area (Å²) in [7, 11) is 0. The largest absolute Gasteiger partial charge is 0.390 e. The minimum absolute atomic E-state index is 0.0100. The predicted octanol–water partition coefficient (Wildman–Crippen LogP) is 2.39. The zero-order chi connectivity index (χ0) is 20.7. The van der Waals surface area contributed by atoms with Crippen molar-refractivity contribution in [2.24, 2.45) is 17.8 Å². The van der Waals surface area contributed by atoms with Crippen molar-refractivity contribution in [3.05, 3.63) is 17.5 Å². The number of rotatable bonds is 4. The van der Waals surface area contributed by atoms with Crippen molar-refractivity contribution in [3.63, 3.8) is 0 Å². The first kappa shape index (κ1) is 18.8. The summed E-state index contributed by atoms with van der Waals surface area (Å²) in [6, 6.07) is 0.558. The molecule has 2 saturated heterocycles. The highest BCUT2D eigenvalue weighted by Crippen LogP contribution is 2.55. The quantitative estimate of drug-likeness (QED) is 0.772. The summed E-state index contributed by atoms with van der Waals surface area (Å²) in [5, 5.41) is 14.3. The topological polar surface area (TPSA) is 87.6 Å². The predicted molar refractivity (Wildman–Crippen MR) is 114 cm³/mol. The first-order valence-electron chi connectivity index (χ1n) is 12.3. The summed E-state index contributed by atoms with van der Waals surface area (Å²) >= 11 is 0. The third kappa shape index (κ3) is 2.95. The molecule has 1 amide bonds. The van der Waals surface area contributed by atoms with E-state index in [0.717, 1.165) is 76.2 Å². The third-order valence-corrected chi connectivity index (χ3v) is 9.24. The van der Waals surface area contributed by atoms with Crippen LogP contribution in [0.4, 0.5) is 5.95 Å². The van der Waals surface area contributed by atoms with Gasteiger partial charge in [-0.1, -0.05) is 6.42 Å². The van der Waals surface area contributed by atoms with Crippen molar-refractivity contribution in [2.75, 3.05) is 18.1 Å². The fraction of sp³-hybridized carbons (Fsp3) is 0.792. The average Bonchev–Trinajstić information content (AvgIpc) is 3.31. The van der Waals surface area contributed by atoms with Gasteiger partial charge in [0.25, 0.3) is 5.91 Å². The van der Waals surface area contributed by atoms with Gasteiger partial charge >= 0.3 is 0 Å². The summed E-state index contributed by atoms with van der Waals surface area (Å²) in [6.45, 7) is 1.61. The lowest BCUT2D eigenvalue weighted by Crippen LogP contribution is -2.61. The second kappa shape index (κ2) is 6.64. The molecule has 2 unspecified atom stereocenters. The Hall–Kier alpha value is -1.73. The number of carbonyl (C=O) groups is 1. The molecule has 5 aliphatic carbocycles. The zero-order valence-corrected chi connectivity index (χ0v) is 18.0. The number of nitrogens with zero attached hydrogens (tertiary/aromatic N) is 3. The van der Waals surface area contributed by atoms with Crippen LogP contribution in [-0.2, 0) is 4.74 Å². The van der Waals surface area contributed by atoms with E-state index in [9.17, 15) is 9.90 Å². The van der Waals surface area contributed by atoms with Gasteiger partial charge in [-0.2, -0.15) is 0 Å². The van der Waals surface area contributed by atoms with Crippen LogP contribution in [0.25, 0.3) is 0 Å². The maximum Gasteiger partial charge on any atom is 0.254 e. The molecule has 31 heavy (non-hydrogen) atoms. The van der Waals surface area contributed by atoms with Crippen LogP contribution in [0.2, 0.25) is 0 Å². The molecule has 7 fully saturated rings. The molecule has 166 valence electrons. The average molecular weight is 425 g/mol. The Morgan fingerprint density at radius 2 is 2.00 bits per heavy atom. The first-order valence-corrected chi connectivity index (χ1v) is 12.3. The molecular formula is C24H32N4O3. The van der Waals surface area contributed by atoms with Gasteiger partial charge in [0.15, 0.2) is 0 Å². The number of morpholine rings is 1. The van der Waals surface area contributed by atoms with E-state index in [1.165, 1.54) is 6.42 Å². The number of fused-ring (bicyclic) bond motifs is 2. The van der Waals surface area contributed by atoms with E-state index in [1.54, 1.807) is 6.20 Å². The van der Waals surface area contributed by atoms with E-state index < -0.39 is 5.60 Å². The fourth-order valence-corrected chi connectivity index (χ4v) is 7.78. The second-order valence-electron chi connectivity index (χ2n) is 11.3. The number of amides is 1. The molecule has 1 aromatic rings. The van der Waals surface area contributed by atoms with Gasteiger partial charge in [-0.15, -0.1) is 0 Å². The number of aromatic nitrogens is 2. The molecule has 7 aliphatic rings. The smallest absolute Gasteiger partial charge is 0.254 e. The minimum Gasteiger partial charge on any atom is -0.390 e. The van der Waals surface area contributed by atoms with Crippen molar-refractivity contribution in [1.82, 2.24) is 15.3 Å². The van der Waals surface area contributed by atoms with Gasteiger partial charge in [0.05, 0.1) is 35.6 Å². The van der Waals surface area contributed by atoms with Crippen LogP contribution in [0.1, 0.15) is 79.8 Å². The van der Waals surface area contributed by atoms with Crippen LogP contribution < -0.4 is 10.2 Å². The van der Waals surface area contributed by atoms with Crippen molar-refractivity contribution in [2.45, 2.75) is 87.5 Å². The maximum atomic E-state index is 13.5. The molecule has 8 rings (SSSR count). The Kier molecular flexibility index (Phi) is 4.03. The van der Waals surface area contributed by atoms with Crippen molar-refractivity contribution < 1.29 is 14.6 Å². The monoisotopic (exact) mass is 424 g/mol. The second-order valence-corrected chi connectivity index (χ2v) is 11.3. The van der Waals surface area contributed by atoms with E-state index in [-0.39, 0.29) is 11.9 Å². The molecule has 1 aromatic heterocycles. The van der Waals surface area contributed by atoms with Crippen LogP contribution in [0, 0.1) is 17.8 Å². The number of nitrogens with one attached hydrogen (secondary N) is 1. The highest BCUT2D eigenvalue weighted by atomic mass is 16.5. The Morgan fingerprint density at radius 1 is 1.19 bits per heavy atom. The van der Waals surface area contributed by atoms with Crippen molar-refractivity contribution >= 4 is 11.9 Å². The van der Waals surface area contributed by atoms with Gasteiger partial charge in [-0.3, -0.25) is 4.79 Å². The summed E-state index contributed by atoms with van der Waals surface area (Å²) in [5.74, 6) is 2.59. The fourth-order valence-electron chi connectivity index (χ4n) is 7.78. The van der Waals surface area contributed by atoms with Gasteiger partial charge in [-0.05, 0) is 69.1 Å². The Labute approximate surface area is 183 Å². The molecule has 2 N–H and O–H groups in total. The number of hydrogen-bond donors (Lipinski definition) is 2. The summed E-state index contributed by atoms with van der Waals surface area (Å²) in [6.07, 6.45) is 11.5. The zero-order valence-electron chi connectivity index (χ0n) is 18.0. The van der Waals surface area contributed by atoms with Crippen LogP contribution in [0.3, 0.4) is 0 Å².